The van der Waals surface area contributed by atoms with Crippen molar-refractivity contribution in [3.63, 3.8) is 0 Å². The Balaban J connectivity index is 1.72. The van der Waals surface area contributed by atoms with Gasteiger partial charge in [-0.15, -0.1) is 0 Å². The SMILES string of the molecule is COc1ccc(N2C(C)=CN3C2=NC2C3C(=O)NC(=O)N2C)cc1. The highest BCUT2D eigenvalue weighted by Crippen LogP contribution is 2.35. The molecule has 1 aromatic carbocycles. The third kappa shape index (κ3) is 1.89. The summed E-state index contributed by atoms with van der Waals surface area (Å²) in [5, 5.41) is 2.37. The van der Waals surface area contributed by atoms with E-state index in [1.807, 2.05) is 47.2 Å². The molecule has 1 N–H and O–H groups in total. The number of anilines is 1. The molecule has 1 fully saturated rings. The second-order valence-corrected chi connectivity index (χ2v) is 5.90. The number of ether oxygens (including phenoxy) is 1. The number of imide groups is 1. The van der Waals surface area contributed by atoms with Crippen molar-refractivity contribution in [2.75, 3.05) is 19.1 Å². The number of rotatable bonds is 2. The number of nitrogens with one attached hydrogen (secondary N) is 1. The summed E-state index contributed by atoms with van der Waals surface area (Å²) in [5.74, 6) is 1.08. The van der Waals surface area contributed by atoms with Crippen molar-refractivity contribution in [1.82, 2.24) is 15.1 Å². The van der Waals surface area contributed by atoms with Gasteiger partial charge in [-0.2, -0.15) is 0 Å². The number of guanidine groups is 1. The van der Waals surface area contributed by atoms with Crippen LogP contribution in [0.4, 0.5) is 10.5 Å². The van der Waals surface area contributed by atoms with E-state index in [2.05, 4.69) is 10.3 Å². The number of fused-ring (bicyclic) bond motifs is 3. The summed E-state index contributed by atoms with van der Waals surface area (Å²) in [5.41, 5.74) is 1.86. The minimum absolute atomic E-state index is 0.331. The maximum Gasteiger partial charge on any atom is 0.325 e. The molecule has 0 bridgehead atoms. The van der Waals surface area contributed by atoms with E-state index in [1.165, 1.54) is 4.90 Å². The molecule has 1 aromatic rings. The first-order valence-corrected chi connectivity index (χ1v) is 7.57. The summed E-state index contributed by atoms with van der Waals surface area (Å²) in [6.45, 7) is 1.95. The lowest BCUT2D eigenvalue weighted by Gasteiger charge is -2.34. The van der Waals surface area contributed by atoms with Crippen molar-refractivity contribution in [3.05, 3.63) is 36.2 Å². The van der Waals surface area contributed by atoms with Crippen LogP contribution in [0, 0.1) is 0 Å². The lowest BCUT2D eigenvalue weighted by molar-refractivity contribution is -0.126. The molecule has 2 unspecified atom stereocenters. The molecule has 8 heteroatoms. The van der Waals surface area contributed by atoms with E-state index >= 15 is 0 Å². The summed E-state index contributed by atoms with van der Waals surface area (Å²) in [7, 11) is 3.26. The molecule has 4 rings (SSSR count). The van der Waals surface area contributed by atoms with E-state index in [4.69, 9.17) is 4.74 Å². The summed E-state index contributed by atoms with van der Waals surface area (Å²) in [6.07, 6.45) is 1.36. The van der Waals surface area contributed by atoms with Gasteiger partial charge in [-0.1, -0.05) is 0 Å². The fourth-order valence-electron chi connectivity index (χ4n) is 3.25. The van der Waals surface area contributed by atoms with Crippen molar-refractivity contribution in [3.8, 4) is 5.75 Å². The van der Waals surface area contributed by atoms with E-state index in [0.29, 0.717) is 5.96 Å². The number of urea groups is 1. The van der Waals surface area contributed by atoms with E-state index < -0.39 is 18.2 Å². The lowest BCUT2D eigenvalue weighted by Crippen LogP contribution is -2.62. The zero-order valence-electron chi connectivity index (χ0n) is 13.6. The zero-order valence-corrected chi connectivity index (χ0v) is 13.6. The first-order valence-electron chi connectivity index (χ1n) is 7.57. The highest BCUT2D eigenvalue weighted by atomic mass is 16.5. The Morgan fingerprint density at radius 3 is 2.58 bits per heavy atom. The number of nitrogens with zero attached hydrogens (tertiary/aromatic N) is 4. The Kier molecular flexibility index (Phi) is 3.02. The maximum atomic E-state index is 12.3. The van der Waals surface area contributed by atoms with Crippen LogP contribution < -0.4 is 15.0 Å². The van der Waals surface area contributed by atoms with Crippen molar-refractivity contribution in [1.29, 1.82) is 0 Å². The molecule has 0 aliphatic carbocycles. The number of methoxy groups -OCH3 is 1. The van der Waals surface area contributed by atoms with Crippen LogP contribution in [0.25, 0.3) is 0 Å². The van der Waals surface area contributed by atoms with Gasteiger partial charge in [-0.3, -0.25) is 15.0 Å². The normalized spacial score (nSPS) is 25.2. The number of allylic oxidation sites excluding steroid dienone is 1. The van der Waals surface area contributed by atoms with Crippen LogP contribution in [0.2, 0.25) is 0 Å². The molecule has 2 atom stereocenters. The average molecular weight is 327 g/mol. The third-order valence-electron chi connectivity index (χ3n) is 4.49. The summed E-state index contributed by atoms with van der Waals surface area (Å²) >= 11 is 0. The zero-order chi connectivity index (χ0) is 17.0. The molecular weight excluding hydrogens is 310 g/mol. The maximum absolute atomic E-state index is 12.3. The van der Waals surface area contributed by atoms with Gasteiger partial charge in [-0.25, -0.2) is 9.79 Å². The Bertz CT molecular complexity index is 785. The van der Waals surface area contributed by atoms with Crippen LogP contribution in [-0.2, 0) is 4.79 Å². The van der Waals surface area contributed by atoms with Gasteiger partial charge in [0.25, 0.3) is 5.91 Å². The summed E-state index contributed by atoms with van der Waals surface area (Å²) in [4.78, 5) is 34.0. The minimum atomic E-state index is -0.541. The highest BCUT2D eigenvalue weighted by molar-refractivity contribution is 6.09. The second kappa shape index (κ2) is 4.98. The Morgan fingerprint density at radius 1 is 1.21 bits per heavy atom. The second-order valence-electron chi connectivity index (χ2n) is 5.90. The number of hydrogen-bond acceptors (Lipinski definition) is 6. The van der Waals surface area contributed by atoms with Crippen molar-refractivity contribution < 1.29 is 14.3 Å². The minimum Gasteiger partial charge on any atom is -0.497 e. The first kappa shape index (κ1) is 14.6. The van der Waals surface area contributed by atoms with E-state index in [0.717, 1.165) is 17.1 Å². The van der Waals surface area contributed by atoms with Crippen LogP contribution >= 0.6 is 0 Å². The number of benzene rings is 1. The smallest absolute Gasteiger partial charge is 0.325 e. The molecule has 24 heavy (non-hydrogen) atoms. The fourth-order valence-corrected chi connectivity index (χ4v) is 3.25. The van der Waals surface area contributed by atoms with Gasteiger partial charge in [0, 0.05) is 24.6 Å². The molecule has 124 valence electrons. The molecule has 8 nitrogen and oxygen atoms in total. The van der Waals surface area contributed by atoms with E-state index in [-0.39, 0.29) is 5.91 Å². The van der Waals surface area contributed by atoms with E-state index in [9.17, 15) is 9.59 Å². The third-order valence-corrected chi connectivity index (χ3v) is 4.49. The average Bonchev–Trinajstić information content (AvgIpc) is 3.07. The molecule has 0 radical (unpaired) electrons. The van der Waals surface area contributed by atoms with Crippen LogP contribution in [0.1, 0.15) is 6.92 Å². The van der Waals surface area contributed by atoms with Gasteiger partial charge in [0.15, 0.2) is 12.2 Å². The van der Waals surface area contributed by atoms with Gasteiger partial charge < -0.3 is 14.5 Å². The number of carbonyl (C=O) groups is 2. The highest BCUT2D eigenvalue weighted by Gasteiger charge is 2.51. The van der Waals surface area contributed by atoms with Crippen molar-refractivity contribution in [2.45, 2.75) is 19.1 Å². The predicted octanol–water partition coefficient (Wildman–Crippen LogP) is 0.924. The molecule has 3 heterocycles. The standard InChI is InChI=1S/C16H17N5O3/c1-9-8-20-12-13(19(2)16(23)18-14(12)22)17-15(20)21(9)10-4-6-11(24-3)7-5-10/h4-8,12-13H,1-3H3,(H,18,22,23). The molecule has 3 aliphatic heterocycles. The number of amides is 3. The Labute approximate surface area is 139 Å². The molecule has 0 aromatic heterocycles. The van der Waals surface area contributed by atoms with Crippen molar-refractivity contribution in [2.24, 2.45) is 4.99 Å². The molecule has 0 spiro atoms. The quantitative estimate of drug-likeness (QED) is 0.874. The van der Waals surface area contributed by atoms with Gasteiger partial charge >= 0.3 is 6.03 Å². The van der Waals surface area contributed by atoms with Crippen LogP contribution in [0.5, 0.6) is 5.75 Å². The molecule has 3 aliphatic rings. The molecular formula is C16H17N5O3. The van der Waals surface area contributed by atoms with Gasteiger partial charge in [0.2, 0.25) is 5.96 Å². The first-order chi connectivity index (χ1) is 11.5. The van der Waals surface area contributed by atoms with Crippen LogP contribution in [-0.4, -0.2) is 54.1 Å². The molecule has 0 saturated carbocycles. The number of likely N-dealkylation sites (N-methyl/N-ethyl adjacent to an activating group) is 1. The van der Waals surface area contributed by atoms with E-state index in [1.54, 1.807) is 14.2 Å². The molecule has 1 saturated heterocycles. The van der Waals surface area contributed by atoms with Crippen molar-refractivity contribution >= 4 is 23.6 Å². The van der Waals surface area contributed by atoms with Gasteiger partial charge in [-0.05, 0) is 31.2 Å². The number of aliphatic imine (C=N–C) groups is 1. The predicted molar refractivity (Wildman–Crippen MR) is 87.4 cm³/mol. The Hall–Kier alpha value is -3.03. The fraction of sp³-hybridized carbons (Fsp3) is 0.312. The lowest BCUT2D eigenvalue weighted by atomic mass is 10.1. The monoisotopic (exact) mass is 327 g/mol. The summed E-state index contributed by atoms with van der Waals surface area (Å²) in [6, 6.07) is 6.63. The topological polar surface area (TPSA) is 77.5 Å². The number of carbonyl (C=O) groups excluding carboxylic acids is 2. The Morgan fingerprint density at radius 2 is 1.92 bits per heavy atom. The van der Waals surface area contributed by atoms with Crippen LogP contribution in [0.3, 0.4) is 0 Å². The molecule has 3 amide bonds. The van der Waals surface area contributed by atoms with Gasteiger partial charge in [0.05, 0.1) is 7.11 Å². The number of hydrogen-bond donors (Lipinski definition) is 1. The van der Waals surface area contributed by atoms with Crippen LogP contribution in [0.15, 0.2) is 41.2 Å². The summed E-state index contributed by atoms with van der Waals surface area (Å²) < 4.78 is 5.19. The largest absolute Gasteiger partial charge is 0.497 e. The van der Waals surface area contributed by atoms with Gasteiger partial charge in [0.1, 0.15) is 5.75 Å².